The van der Waals surface area contributed by atoms with Gasteiger partial charge in [0.05, 0.1) is 22.3 Å². The van der Waals surface area contributed by atoms with Crippen molar-refractivity contribution >= 4 is 17.9 Å². The molecule has 2 bridgehead atoms. The van der Waals surface area contributed by atoms with Crippen molar-refractivity contribution < 1.29 is 34.8 Å². The number of rotatable bonds is 3. The van der Waals surface area contributed by atoms with Gasteiger partial charge in [-0.2, -0.15) is 0 Å². The summed E-state index contributed by atoms with van der Waals surface area (Å²) in [5, 5.41) is 41.5. The van der Waals surface area contributed by atoms with Crippen LogP contribution in [0.25, 0.3) is 0 Å². The fourth-order valence-corrected chi connectivity index (χ4v) is 7.56. The Morgan fingerprint density at radius 2 is 1.70 bits per heavy atom. The summed E-state index contributed by atoms with van der Waals surface area (Å²) in [5.74, 6) is -6.01. The van der Waals surface area contributed by atoms with E-state index in [0.717, 1.165) is 0 Å². The zero-order valence-electron chi connectivity index (χ0n) is 15.4. The molecule has 0 amide bonds. The Morgan fingerprint density at radius 3 is 2.22 bits per heavy atom. The van der Waals surface area contributed by atoms with Gasteiger partial charge >= 0.3 is 17.9 Å². The first-order valence-corrected chi connectivity index (χ1v) is 9.56. The van der Waals surface area contributed by atoms with Crippen LogP contribution in [0, 0.1) is 34.0 Å². The van der Waals surface area contributed by atoms with Crippen LogP contribution in [0.15, 0.2) is 12.2 Å². The van der Waals surface area contributed by atoms with Crippen molar-refractivity contribution in [1.29, 1.82) is 0 Å². The zero-order valence-corrected chi connectivity index (χ0v) is 15.4. The van der Waals surface area contributed by atoms with E-state index in [4.69, 9.17) is 0 Å². The van der Waals surface area contributed by atoms with Crippen molar-refractivity contribution in [2.45, 2.75) is 57.5 Å². The van der Waals surface area contributed by atoms with E-state index in [9.17, 15) is 34.8 Å². The van der Waals surface area contributed by atoms with Crippen molar-refractivity contribution in [3.05, 3.63) is 12.2 Å². The molecule has 7 nitrogen and oxygen atoms in total. The first-order valence-electron chi connectivity index (χ1n) is 9.56. The van der Waals surface area contributed by atoms with Crippen molar-refractivity contribution in [3.8, 4) is 0 Å². The molecule has 5 aliphatic rings. The molecule has 4 N–H and O–H groups in total. The molecule has 5 rings (SSSR count). The van der Waals surface area contributed by atoms with Crippen LogP contribution in [0.3, 0.4) is 0 Å². The highest BCUT2D eigenvalue weighted by atomic mass is 16.4. The molecule has 0 aromatic carbocycles. The SMILES string of the molecule is C=C1C[C@]23CC[C@@]1(O)C[C@H]2[C@]1(C(=O)O)CCC[C@@](C)(C(=O)O)[C@H]1[C@@H]3C(=O)O. The maximum Gasteiger partial charge on any atom is 0.310 e. The van der Waals surface area contributed by atoms with Gasteiger partial charge in [0, 0.05) is 5.92 Å². The normalized spacial score (nSPS) is 50.7. The number of fused-ring (bicyclic) bond motifs is 3. The maximum absolute atomic E-state index is 12.7. The number of hydrogen-bond acceptors (Lipinski definition) is 4. The van der Waals surface area contributed by atoms with Crippen LogP contribution in [0.5, 0.6) is 0 Å². The molecule has 5 fully saturated rings. The van der Waals surface area contributed by atoms with E-state index < -0.39 is 57.5 Å². The van der Waals surface area contributed by atoms with E-state index in [1.165, 1.54) is 6.92 Å². The predicted octanol–water partition coefficient (Wildman–Crippen LogP) is 2.14. The number of hydrogen-bond donors (Lipinski definition) is 4. The summed E-state index contributed by atoms with van der Waals surface area (Å²) >= 11 is 0. The van der Waals surface area contributed by atoms with Crippen molar-refractivity contribution in [1.82, 2.24) is 0 Å². The minimum absolute atomic E-state index is 0.161. The van der Waals surface area contributed by atoms with Crippen LogP contribution >= 0.6 is 0 Å². The Bertz CT molecular complexity index is 774. The first-order chi connectivity index (χ1) is 12.5. The molecule has 0 saturated heterocycles. The fourth-order valence-electron chi connectivity index (χ4n) is 7.56. The van der Waals surface area contributed by atoms with E-state index in [1.54, 1.807) is 0 Å². The van der Waals surface area contributed by atoms with Crippen molar-refractivity contribution in [2.24, 2.45) is 34.0 Å². The molecule has 27 heavy (non-hydrogen) atoms. The van der Waals surface area contributed by atoms with E-state index in [2.05, 4.69) is 6.58 Å². The quantitative estimate of drug-likeness (QED) is 0.553. The van der Waals surface area contributed by atoms with E-state index in [0.29, 0.717) is 24.8 Å². The molecule has 7 heteroatoms. The molecular weight excluding hydrogens is 352 g/mol. The maximum atomic E-state index is 12.7. The second kappa shape index (κ2) is 5.13. The number of aliphatic carboxylic acids is 3. The van der Waals surface area contributed by atoms with Crippen LogP contribution in [0.4, 0.5) is 0 Å². The van der Waals surface area contributed by atoms with Gasteiger partial charge in [-0.3, -0.25) is 14.4 Å². The Balaban J connectivity index is 2.01. The first kappa shape index (κ1) is 18.5. The molecule has 0 heterocycles. The third-order valence-corrected chi connectivity index (χ3v) is 8.70. The molecule has 0 unspecified atom stereocenters. The lowest BCUT2D eigenvalue weighted by Gasteiger charge is -2.58. The summed E-state index contributed by atoms with van der Waals surface area (Å²) in [6.07, 6.45) is 2.11. The Hall–Kier alpha value is -1.89. The minimum atomic E-state index is -1.44. The highest BCUT2D eigenvalue weighted by Gasteiger charge is 2.80. The molecule has 0 aromatic heterocycles. The van der Waals surface area contributed by atoms with Crippen molar-refractivity contribution in [3.63, 3.8) is 0 Å². The van der Waals surface area contributed by atoms with E-state index in [1.807, 2.05) is 0 Å². The van der Waals surface area contributed by atoms with Crippen LogP contribution in [-0.4, -0.2) is 43.9 Å². The van der Waals surface area contributed by atoms with Gasteiger partial charge < -0.3 is 20.4 Å². The predicted molar refractivity (Wildman–Crippen MR) is 92.8 cm³/mol. The molecule has 7 atom stereocenters. The van der Waals surface area contributed by atoms with Crippen molar-refractivity contribution in [2.75, 3.05) is 0 Å². The standard InChI is InChI=1S/C20H26O7/c1-10-8-18-6-7-19(10,27)9-11(18)20(16(25)26)5-3-4-17(2,15(23)24)13(20)12(18)14(21)22/h11-13,27H,1,3-9H2,2H3,(H,21,22)(H,23,24)(H,25,26)/t11-,12-,13-,17-,18-,19-,20-/m1/s1. The lowest BCUT2D eigenvalue weighted by atomic mass is 9.47. The Labute approximate surface area is 157 Å². The second-order valence-electron chi connectivity index (χ2n) is 9.52. The Kier molecular flexibility index (Phi) is 3.51. The lowest BCUT2D eigenvalue weighted by molar-refractivity contribution is -0.179. The van der Waals surface area contributed by atoms with E-state index >= 15 is 0 Å². The fraction of sp³-hybridized carbons (Fsp3) is 0.750. The minimum Gasteiger partial charge on any atom is -0.481 e. The number of carbonyl (C=O) groups is 3. The number of carboxylic acids is 3. The summed E-state index contributed by atoms with van der Waals surface area (Å²) in [6.45, 7) is 5.48. The monoisotopic (exact) mass is 378 g/mol. The summed E-state index contributed by atoms with van der Waals surface area (Å²) < 4.78 is 0. The van der Waals surface area contributed by atoms with Gasteiger partial charge in [-0.1, -0.05) is 13.0 Å². The van der Waals surface area contributed by atoms with Gasteiger partial charge in [-0.25, -0.2) is 0 Å². The molecule has 0 radical (unpaired) electrons. The third kappa shape index (κ3) is 1.88. The summed E-state index contributed by atoms with van der Waals surface area (Å²) in [5.41, 5.74) is -4.33. The Morgan fingerprint density at radius 1 is 1.04 bits per heavy atom. The lowest BCUT2D eigenvalue weighted by Crippen LogP contribution is -2.58. The van der Waals surface area contributed by atoms with Gasteiger partial charge in [-0.05, 0) is 62.4 Å². The highest BCUT2D eigenvalue weighted by Crippen LogP contribution is 2.78. The molecule has 0 aromatic rings. The van der Waals surface area contributed by atoms with Crippen LogP contribution < -0.4 is 0 Å². The van der Waals surface area contributed by atoms with Gasteiger partial charge in [0.15, 0.2) is 0 Å². The smallest absolute Gasteiger partial charge is 0.310 e. The van der Waals surface area contributed by atoms with Crippen LogP contribution in [0.1, 0.15) is 51.9 Å². The topological polar surface area (TPSA) is 132 Å². The number of aliphatic hydroxyl groups is 1. The third-order valence-electron chi connectivity index (χ3n) is 8.70. The molecule has 0 aliphatic heterocycles. The van der Waals surface area contributed by atoms with Crippen LogP contribution in [-0.2, 0) is 14.4 Å². The summed E-state index contributed by atoms with van der Waals surface area (Å²) in [6, 6.07) is 0. The summed E-state index contributed by atoms with van der Waals surface area (Å²) in [7, 11) is 0. The largest absolute Gasteiger partial charge is 0.481 e. The second-order valence-corrected chi connectivity index (χ2v) is 9.52. The molecule has 5 aliphatic carbocycles. The van der Waals surface area contributed by atoms with E-state index in [-0.39, 0.29) is 25.7 Å². The van der Waals surface area contributed by atoms with Gasteiger partial charge in [0.25, 0.3) is 0 Å². The molecule has 5 saturated carbocycles. The van der Waals surface area contributed by atoms with Crippen LogP contribution in [0.2, 0.25) is 0 Å². The highest BCUT2D eigenvalue weighted by molar-refractivity contribution is 5.86. The average molecular weight is 378 g/mol. The summed E-state index contributed by atoms with van der Waals surface area (Å²) in [4.78, 5) is 37.4. The van der Waals surface area contributed by atoms with Gasteiger partial charge in [-0.15, -0.1) is 0 Å². The zero-order chi connectivity index (χ0) is 20.0. The number of carboxylic acid groups (broad SMARTS) is 3. The average Bonchev–Trinajstić information content (AvgIpc) is 2.83. The molecule has 148 valence electrons. The molecular formula is C20H26O7. The molecule has 1 spiro atoms. The van der Waals surface area contributed by atoms with Gasteiger partial charge in [0.1, 0.15) is 0 Å². The van der Waals surface area contributed by atoms with Gasteiger partial charge in [0.2, 0.25) is 0 Å².